The molecule has 0 heterocycles. The molecule has 0 aliphatic heterocycles. The van der Waals surface area contributed by atoms with Crippen LogP contribution in [0.2, 0.25) is 0 Å². The van der Waals surface area contributed by atoms with Crippen molar-refractivity contribution in [2.45, 2.75) is 57.2 Å². The Morgan fingerprint density at radius 1 is 1.00 bits per heavy atom. The van der Waals surface area contributed by atoms with E-state index in [0.717, 1.165) is 25.4 Å². The first-order valence-corrected chi connectivity index (χ1v) is 6.86. The average Bonchev–Trinajstić information content (AvgIpc) is 2.40. The van der Waals surface area contributed by atoms with Gasteiger partial charge >= 0.3 is 0 Å². The third-order valence-electron chi connectivity index (χ3n) is 3.95. The van der Waals surface area contributed by atoms with E-state index in [1.54, 1.807) is 14.2 Å². The highest BCUT2D eigenvalue weighted by Crippen LogP contribution is 2.30. The van der Waals surface area contributed by atoms with Gasteiger partial charge in [0.1, 0.15) is 0 Å². The number of rotatable bonds is 8. The third kappa shape index (κ3) is 5.36. The van der Waals surface area contributed by atoms with E-state index in [1.165, 1.54) is 32.1 Å². The summed E-state index contributed by atoms with van der Waals surface area (Å²) in [4.78, 5) is 0. The first-order valence-electron chi connectivity index (χ1n) is 6.86. The first kappa shape index (κ1) is 14.9. The summed E-state index contributed by atoms with van der Waals surface area (Å²) in [6.07, 6.45) is 9.34. The predicted molar refractivity (Wildman–Crippen MR) is 69.3 cm³/mol. The summed E-state index contributed by atoms with van der Waals surface area (Å²) < 4.78 is 16.3. The predicted octanol–water partition coefficient (Wildman–Crippen LogP) is 3.02. The zero-order chi connectivity index (χ0) is 12.5. The summed E-state index contributed by atoms with van der Waals surface area (Å²) in [7, 11) is 5.36. The minimum absolute atomic E-state index is 0.266. The van der Waals surface area contributed by atoms with E-state index in [0.29, 0.717) is 6.10 Å². The lowest BCUT2D eigenvalue weighted by Gasteiger charge is -2.31. The molecule has 2 atom stereocenters. The Bertz CT molecular complexity index is 178. The molecule has 2 unspecified atom stereocenters. The van der Waals surface area contributed by atoms with E-state index in [1.807, 2.05) is 7.11 Å². The molecule has 0 aromatic carbocycles. The lowest BCUT2D eigenvalue weighted by Crippen LogP contribution is -2.30. The molecule has 1 saturated carbocycles. The van der Waals surface area contributed by atoms with Gasteiger partial charge in [-0.3, -0.25) is 0 Å². The van der Waals surface area contributed by atoms with Crippen LogP contribution in [0.25, 0.3) is 0 Å². The lowest BCUT2D eigenvalue weighted by atomic mass is 9.83. The Kier molecular flexibility index (Phi) is 7.82. The molecule has 0 radical (unpaired) electrons. The molecule has 3 heteroatoms. The van der Waals surface area contributed by atoms with Gasteiger partial charge in [0, 0.05) is 34.4 Å². The zero-order valence-electron chi connectivity index (χ0n) is 11.6. The molecule has 0 aromatic rings. The number of methoxy groups -OCH3 is 3. The van der Waals surface area contributed by atoms with Crippen LogP contribution in [0.5, 0.6) is 0 Å². The van der Waals surface area contributed by atoms with Gasteiger partial charge in [0.15, 0.2) is 0 Å². The SMILES string of the molecule is COCCC(CC(OC)C1CCCCC1)OC. The fourth-order valence-corrected chi connectivity index (χ4v) is 2.83. The average molecular weight is 244 g/mol. The van der Waals surface area contributed by atoms with Crippen LogP contribution >= 0.6 is 0 Å². The van der Waals surface area contributed by atoms with Gasteiger partial charge in [-0.1, -0.05) is 19.3 Å². The molecular weight excluding hydrogens is 216 g/mol. The van der Waals surface area contributed by atoms with Crippen LogP contribution in [0.4, 0.5) is 0 Å². The Labute approximate surface area is 106 Å². The van der Waals surface area contributed by atoms with Crippen LogP contribution in [0.3, 0.4) is 0 Å². The van der Waals surface area contributed by atoms with Gasteiger partial charge in [0.05, 0.1) is 12.2 Å². The molecule has 0 spiro atoms. The molecule has 17 heavy (non-hydrogen) atoms. The van der Waals surface area contributed by atoms with Crippen molar-refractivity contribution in [1.82, 2.24) is 0 Å². The molecule has 1 rings (SSSR count). The maximum absolute atomic E-state index is 5.68. The summed E-state index contributed by atoms with van der Waals surface area (Å²) in [6, 6.07) is 0. The lowest BCUT2D eigenvalue weighted by molar-refractivity contribution is -0.0231. The van der Waals surface area contributed by atoms with Crippen molar-refractivity contribution < 1.29 is 14.2 Å². The molecule has 0 bridgehead atoms. The molecule has 1 aliphatic rings. The van der Waals surface area contributed by atoms with Crippen LogP contribution in [-0.4, -0.2) is 40.1 Å². The van der Waals surface area contributed by atoms with E-state index in [9.17, 15) is 0 Å². The summed E-state index contributed by atoms with van der Waals surface area (Å²) in [5.41, 5.74) is 0. The van der Waals surface area contributed by atoms with Crippen LogP contribution in [0.15, 0.2) is 0 Å². The summed E-state index contributed by atoms with van der Waals surface area (Å²) in [5, 5.41) is 0. The van der Waals surface area contributed by atoms with Crippen LogP contribution in [-0.2, 0) is 14.2 Å². The number of hydrogen-bond donors (Lipinski definition) is 0. The second kappa shape index (κ2) is 8.90. The van der Waals surface area contributed by atoms with E-state index in [-0.39, 0.29) is 6.10 Å². The van der Waals surface area contributed by atoms with Gasteiger partial charge in [-0.15, -0.1) is 0 Å². The van der Waals surface area contributed by atoms with Crippen LogP contribution < -0.4 is 0 Å². The molecule has 0 saturated heterocycles. The molecule has 0 amide bonds. The maximum atomic E-state index is 5.68. The zero-order valence-corrected chi connectivity index (χ0v) is 11.6. The normalized spacial score (nSPS) is 21.4. The van der Waals surface area contributed by atoms with Crippen molar-refractivity contribution in [2.75, 3.05) is 27.9 Å². The Balaban J connectivity index is 2.36. The van der Waals surface area contributed by atoms with Crippen molar-refractivity contribution in [3.05, 3.63) is 0 Å². The van der Waals surface area contributed by atoms with Gasteiger partial charge in [-0.25, -0.2) is 0 Å². The highest BCUT2D eigenvalue weighted by molar-refractivity contribution is 4.77. The standard InChI is InChI=1S/C14H28O3/c1-15-10-9-13(16-2)11-14(17-3)12-7-5-4-6-8-12/h12-14H,4-11H2,1-3H3. The quantitative estimate of drug-likeness (QED) is 0.657. The van der Waals surface area contributed by atoms with Crippen molar-refractivity contribution in [2.24, 2.45) is 5.92 Å². The molecular formula is C14H28O3. The molecule has 1 aliphatic carbocycles. The molecule has 3 nitrogen and oxygen atoms in total. The van der Waals surface area contributed by atoms with Crippen molar-refractivity contribution >= 4 is 0 Å². The minimum Gasteiger partial charge on any atom is -0.385 e. The van der Waals surface area contributed by atoms with Crippen LogP contribution in [0.1, 0.15) is 44.9 Å². The fraction of sp³-hybridized carbons (Fsp3) is 1.00. The molecule has 102 valence electrons. The smallest absolute Gasteiger partial charge is 0.0624 e. The van der Waals surface area contributed by atoms with Crippen molar-refractivity contribution in [3.8, 4) is 0 Å². The van der Waals surface area contributed by atoms with E-state index >= 15 is 0 Å². The monoisotopic (exact) mass is 244 g/mol. The largest absolute Gasteiger partial charge is 0.385 e. The van der Waals surface area contributed by atoms with Gasteiger partial charge in [-0.2, -0.15) is 0 Å². The maximum Gasteiger partial charge on any atom is 0.0624 e. The third-order valence-corrected chi connectivity index (χ3v) is 3.95. The Morgan fingerprint density at radius 2 is 1.71 bits per heavy atom. The van der Waals surface area contributed by atoms with E-state index < -0.39 is 0 Å². The fourth-order valence-electron chi connectivity index (χ4n) is 2.83. The second-order valence-electron chi connectivity index (χ2n) is 5.05. The Hall–Kier alpha value is -0.120. The summed E-state index contributed by atoms with van der Waals surface area (Å²) in [6.45, 7) is 0.763. The highest BCUT2D eigenvalue weighted by atomic mass is 16.5. The molecule has 1 fully saturated rings. The molecule has 0 N–H and O–H groups in total. The van der Waals surface area contributed by atoms with Gasteiger partial charge in [0.25, 0.3) is 0 Å². The van der Waals surface area contributed by atoms with Gasteiger partial charge < -0.3 is 14.2 Å². The van der Waals surface area contributed by atoms with E-state index in [4.69, 9.17) is 14.2 Å². The van der Waals surface area contributed by atoms with Crippen molar-refractivity contribution in [1.29, 1.82) is 0 Å². The number of ether oxygens (including phenoxy) is 3. The van der Waals surface area contributed by atoms with Crippen molar-refractivity contribution in [3.63, 3.8) is 0 Å². The van der Waals surface area contributed by atoms with Crippen LogP contribution in [0, 0.1) is 5.92 Å². The minimum atomic E-state index is 0.266. The van der Waals surface area contributed by atoms with Gasteiger partial charge in [-0.05, 0) is 25.2 Å². The highest BCUT2D eigenvalue weighted by Gasteiger charge is 2.26. The second-order valence-corrected chi connectivity index (χ2v) is 5.05. The topological polar surface area (TPSA) is 27.7 Å². The number of hydrogen-bond acceptors (Lipinski definition) is 3. The van der Waals surface area contributed by atoms with E-state index in [2.05, 4.69) is 0 Å². The first-order chi connectivity index (χ1) is 8.31. The molecule has 0 aromatic heterocycles. The summed E-state index contributed by atoms with van der Waals surface area (Å²) >= 11 is 0. The summed E-state index contributed by atoms with van der Waals surface area (Å²) in [5.74, 6) is 0.731. The Morgan fingerprint density at radius 3 is 2.24 bits per heavy atom. The van der Waals surface area contributed by atoms with Gasteiger partial charge in [0.2, 0.25) is 0 Å².